The van der Waals surface area contributed by atoms with Gasteiger partial charge in [-0.1, -0.05) is 35.9 Å². The number of carbonyl (C=O) groups excluding carboxylic acids is 1. The van der Waals surface area contributed by atoms with Gasteiger partial charge in [-0.2, -0.15) is 0 Å². The molecule has 0 aromatic heterocycles. The van der Waals surface area contributed by atoms with Gasteiger partial charge in [0.1, 0.15) is 0 Å². The highest BCUT2D eigenvalue weighted by Crippen LogP contribution is 2.36. The summed E-state index contributed by atoms with van der Waals surface area (Å²) in [6.07, 6.45) is 0. The molecular weight excluding hydrogens is 252 g/mol. The normalized spacial score (nSPS) is 13.8. The molecule has 0 aliphatic carbocycles. The van der Waals surface area contributed by atoms with E-state index in [2.05, 4.69) is 0 Å². The first-order chi connectivity index (χ1) is 8.27. The summed E-state index contributed by atoms with van der Waals surface area (Å²) in [6.45, 7) is 0. The summed E-state index contributed by atoms with van der Waals surface area (Å²) in [4.78, 5) is 13.4. The van der Waals surface area contributed by atoms with Crippen molar-refractivity contribution in [1.29, 1.82) is 0 Å². The number of benzene rings is 2. The van der Waals surface area contributed by atoms with Gasteiger partial charge < -0.3 is 0 Å². The first-order valence-electron chi connectivity index (χ1n) is 5.31. The van der Waals surface area contributed by atoms with Crippen LogP contribution in [-0.2, 0) is 5.75 Å². The first-order valence-corrected chi connectivity index (χ1v) is 6.67. The fourth-order valence-electron chi connectivity index (χ4n) is 1.99. The highest BCUT2D eigenvalue weighted by Gasteiger charge is 2.22. The lowest BCUT2D eigenvalue weighted by Gasteiger charge is -2.05. The number of halogens is 1. The highest BCUT2D eigenvalue weighted by molar-refractivity contribution is 7.98. The van der Waals surface area contributed by atoms with Gasteiger partial charge in [0.25, 0.3) is 0 Å². The van der Waals surface area contributed by atoms with Crippen molar-refractivity contribution in [3.63, 3.8) is 0 Å². The summed E-state index contributed by atoms with van der Waals surface area (Å²) in [5.74, 6) is 0.820. The fraction of sp³-hybridized carbons (Fsp3) is 0.0714. The standard InChI is InChI=1S/C14H9ClOS/c15-12-6-3-5-9-11(12)8-17-13-7-2-1-4-10(13)14(9)16/h1-7H,8H2. The number of thioether (sulfide) groups is 1. The first kappa shape index (κ1) is 10.9. The van der Waals surface area contributed by atoms with Gasteiger partial charge in [-0.3, -0.25) is 4.79 Å². The third kappa shape index (κ3) is 1.78. The zero-order valence-corrected chi connectivity index (χ0v) is 10.5. The summed E-state index contributed by atoms with van der Waals surface area (Å²) in [5, 5.41) is 0.677. The van der Waals surface area contributed by atoms with E-state index < -0.39 is 0 Å². The van der Waals surface area contributed by atoms with Gasteiger partial charge in [0.15, 0.2) is 5.78 Å². The van der Waals surface area contributed by atoms with Crippen molar-refractivity contribution in [1.82, 2.24) is 0 Å². The molecule has 0 atom stereocenters. The van der Waals surface area contributed by atoms with Crippen molar-refractivity contribution in [3.05, 3.63) is 64.2 Å². The van der Waals surface area contributed by atoms with E-state index in [1.54, 1.807) is 11.8 Å². The maximum atomic E-state index is 12.4. The molecule has 0 N–H and O–H groups in total. The molecule has 3 rings (SSSR count). The van der Waals surface area contributed by atoms with Crippen LogP contribution in [0, 0.1) is 0 Å². The number of carbonyl (C=O) groups is 1. The predicted octanol–water partition coefficient (Wildman–Crippen LogP) is 4.18. The van der Waals surface area contributed by atoms with E-state index in [-0.39, 0.29) is 5.78 Å². The van der Waals surface area contributed by atoms with Gasteiger partial charge in [0.2, 0.25) is 0 Å². The Kier molecular flexibility index (Phi) is 2.69. The van der Waals surface area contributed by atoms with E-state index in [0.717, 1.165) is 27.3 Å². The Morgan fingerprint density at radius 1 is 1.00 bits per heavy atom. The molecule has 2 aromatic carbocycles. The van der Waals surface area contributed by atoms with Crippen LogP contribution in [0.1, 0.15) is 21.5 Å². The fourth-order valence-corrected chi connectivity index (χ4v) is 3.42. The lowest BCUT2D eigenvalue weighted by atomic mass is 9.99. The molecule has 0 saturated heterocycles. The molecule has 0 spiro atoms. The average molecular weight is 261 g/mol. The Hall–Kier alpha value is -1.25. The van der Waals surface area contributed by atoms with Gasteiger partial charge >= 0.3 is 0 Å². The topological polar surface area (TPSA) is 17.1 Å². The van der Waals surface area contributed by atoms with E-state index >= 15 is 0 Å². The second-order valence-electron chi connectivity index (χ2n) is 3.88. The third-order valence-corrected chi connectivity index (χ3v) is 4.32. The summed E-state index contributed by atoms with van der Waals surface area (Å²) in [6, 6.07) is 13.2. The second-order valence-corrected chi connectivity index (χ2v) is 5.30. The van der Waals surface area contributed by atoms with Crippen LogP contribution in [0.25, 0.3) is 0 Å². The molecule has 0 amide bonds. The van der Waals surface area contributed by atoms with Crippen LogP contribution in [0.5, 0.6) is 0 Å². The Labute approximate surface area is 109 Å². The molecule has 0 saturated carbocycles. The van der Waals surface area contributed by atoms with Crippen LogP contribution in [0.4, 0.5) is 0 Å². The summed E-state index contributed by atoms with van der Waals surface area (Å²) >= 11 is 7.82. The monoisotopic (exact) mass is 260 g/mol. The minimum absolute atomic E-state index is 0.0723. The van der Waals surface area contributed by atoms with Crippen molar-refractivity contribution in [2.45, 2.75) is 10.6 Å². The molecule has 1 heterocycles. The zero-order chi connectivity index (χ0) is 11.8. The van der Waals surface area contributed by atoms with Gasteiger partial charge in [0, 0.05) is 26.8 Å². The number of rotatable bonds is 0. The van der Waals surface area contributed by atoms with Crippen LogP contribution in [-0.4, -0.2) is 5.78 Å². The Balaban J connectivity index is 2.24. The maximum Gasteiger partial charge on any atom is 0.194 e. The molecule has 84 valence electrons. The van der Waals surface area contributed by atoms with Crippen LogP contribution in [0.15, 0.2) is 47.4 Å². The Morgan fingerprint density at radius 3 is 2.65 bits per heavy atom. The zero-order valence-electron chi connectivity index (χ0n) is 8.94. The van der Waals surface area contributed by atoms with Crippen LogP contribution >= 0.6 is 23.4 Å². The van der Waals surface area contributed by atoms with E-state index in [9.17, 15) is 4.79 Å². The molecule has 0 radical (unpaired) electrons. The average Bonchev–Trinajstić information content (AvgIpc) is 2.50. The number of hydrogen-bond donors (Lipinski definition) is 0. The second kappa shape index (κ2) is 4.21. The van der Waals surface area contributed by atoms with E-state index in [1.807, 2.05) is 42.5 Å². The third-order valence-electron chi connectivity index (χ3n) is 2.87. The van der Waals surface area contributed by atoms with E-state index in [0.29, 0.717) is 5.02 Å². The van der Waals surface area contributed by atoms with Crippen LogP contribution in [0.2, 0.25) is 5.02 Å². The Bertz CT molecular complexity index is 607. The molecule has 1 aliphatic rings. The molecule has 3 heteroatoms. The summed E-state index contributed by atoms with van der Waals surface area (Å²) in [5.41, 5.74) is 2.45. The summed E-state index contributed by atoms with van der Waals surface area (Å²) < 4.78 is 0. The smallest absolute Gasteiger partial charge is 0.194 e. The van der Waals surface area contributed by atoms with Crippen molar-refractivity contribution >= 4 is 29.1 Å². The molecule has 1 aliphatic heterocycles. The van der Waals surface area contributed by atoms with Crippen molar-refractivity contribution in [2.75, 3.05) is 0 Å². The lowest BCUT2D eigenvalue weighted by molar-refractivity contribution is 0.103. The van der Waals surface area contributed by atoms with Gasteiger partial charge in [-0.05, 0) is 23.8 Å². The molecule has 1 nitrogen and oxygen atoms in total. The molecule has 2 aromatic rings. The van der Waals surface area contributed by atoms with Gasteiger partial charge in [-0.25, -0.2) is 0 Å². The number of ketones is 1. The van der Waals surface area contributed by atoms with Crippen LogP contribution < -0.4 is 0 Å². The van der Waals surface area contributed by atoms with Crippen molar-refractivity contribution < 1.29 is 4.79 Å². The molecule has 0 fully saturated rings. The van der Waals surface area contributed by atoms with Crippen molar-refractivity contribution in [2.24, 2.45) is 0 Å². The van der Waals surface area contributed by atoms with Gasteiger partial charge in [0.05, 0.1) is 0 Å². The minimum Gasteiger partial charge on any atom is -0.289 e. The Morgan fingerprint density at radius 2 is 1.76 bits per heavy atom. The van der Waals surface area contributed by atoms with E-state index in [4.69, 9.17) is 11.6 Å². The lowest BCUT2D eigenvalue weighted by Crippen LogP contribution is -2.03. The van der Waals surface area contributed by atoms with Crippen molar-refractivity contribution in [3.8, 4) is 0 Å². The predicted molar refractivity (Wildman–Crippen MR) is 70.9 cm³/mol. The minimum atomic E-state index is 0.0723. The molecule has 17 heavy (non-hydrogen) atoms. The number of fused-ring (bicyclic) bond motifs is 2. The van der Waals surface area contributed by atoms with E-state index in [1.165, 1.54) is 0 Å². The number of hydrogen-bond acceptors (Lipinski definition) is 2. The largest absolute Gasteiger partial charge is 0.289 e. The molecular formula is C14H9ClOS. The highest BCUT2D eigenvalue weighted by atomic mass is 35.5. The summed E-state index contributed by atoms with van der Waals surface area (Å²) in [7, 11) is 0. The van der Waals surface area contributed by atoms with Gasteiger partial charge in [-0.15, -0.1) is 11.8 Å². The van der Waals surface area contributed by atoms with Crippen LogP contribution in [0.3, 0.4) is 0 Å². The SMILES string of the molecule is O=C1c2ccccc2SCc2c(Cl)cccc21. The quantitative estimate of drug-likeness (QED) is 0.707. The molecule has 0 bridgehead atoms. The maximum absolute atomic E-state index is 12.4. The molecule has 0 unspecified atom stereocenters.